The van der Waals surface area contributed by atoms with Crippen LogP contribution in [-0.2, 0) is 28.6 Å². The molecule has 0 radical (unpaired) electrons. The van der Waals surface area contributed by atoms with Gasteiger partial charge in [0.1, 0.15) is 13.2 Å². The molecule has 0 unspecified atom stereocenters. The number of rotatable bonds is 61. The fraction of sp³-hybridized carbons (Fsp3) is 0.955. The summed E-state index contributed by atoms with van der Waals surface area (Å²) in [7, 11) is 0. The lowest BCUT2D eigenvalue weighted by atomic mass is 10.0. The first-order chi connectivity index (χ1) is 35.4. The number of ether oxygens (including phenoxy) is 3. The molecule has 0 aromatic heterocycles. The average molecular weight is 1020 g/mol. The Morgan fingerprint density at radius 1 is 0.264 bits per heavy atom. The second kappa shape index (κ2) is 60.3. The zero-order valence-electron chi connectivity index (χ0n) is 49.4. The Morgan fingerprint density at radius 2 is 0.458 bits per heavy atom. The van der Waals surface area contributed by atoms with Crippen molar-refractivity contribution in [2.75, 3.05) is 13.2 Å². The Labute approximate surface area is 450 Å². The molecular weight excluding hydrogens is 889 g/mol. The summed E-state index contributed by atoms with van der Waals surface area (Å²) in [5, 5.41) is 0. The first kappa shape index (κ1) is 70.4. The molecule has 0 amide bonds. The van der Waals surface area contributed by atoms with Crippen LogP contribution in [0.1, 0.15) is 381 Å². The Bertz CT molecular complexity index is 1090. The van der Waals surface area contributed by atoms with Gasteiger partial charge in [0, 0.05) is 19.3 Å². The van der Waals surface area contributed by atoms with E-state index in [0.717, 1.165) is 63.7 Å². The van der Waals surface area contributed by atoms with Gasteiger partial charge in [0.05, 0.1) is 0 Å². The van der Waals surface area contributed by atoms with Crippen LogP contribution >= 0.6 is 0 Å². The summed E-state index contributed by atoms with van der Waals surface area (Å²) in [6.07, 6.45) is 68.2. The first-order valence-electron chi connectivity index (χ1n) is 32.9. The first-order valence-corrected chi connectivity index (χ1v) is 32.9. The molecule has 0 saturated carbocycles. The van der Waals surface area contributed by atoms with Crippen LogP contribution in [0.5, 0.6) is 0 Å². The van der Waals surface area contributed by atoms with E-state index >= 15 is 0 Å². The maximum Gasteiger partial charge on any atom is 0.306 e. The average Bonchev–Trinajstić information content (AvgIpc) is 3.37. The van der Waals surface area contributed by atoms with Crippen molar-refractivity contribution in [1.29, 1.82) is 0 Å². The van der Waals surface area contributed by atoms with Crippen molar-refractivity contribution in [2.45, 2.75) is 387 Å². The van der Waals surface area contributed by atoms with Crippen LogP contribution in [0.3, 0.4) is 0 Å². The highest BCUT2D eigenvalue weighted by Gasteiger charge is 2.19. The molecule has 0 heterocycles. The third kappa shape index (κ3) is 59.3. The maximum atomic E-state index is 12.9. The Hall–Kier alpha value is -1.59. The van der Waals surface area contributed by atoms with Gasteiger partial charge in [-0.3, -0.25) is 14.4 Å². The summed E-state index contributed by atoms with van der Waals surface area (Å²) in [4.78, 5) is 38.4. The van der Waals surface area contributed by atoms with Gasteiger partial charge in [-0.25, -0.2) is 0 Å². The van der Waals surface area contributed by atoms with E-state index in [1.54, 1.807) is 0 Å². The van der Waals surface area contributed by atoms with Gasteiger partial charge in [0.15, 0.2) is 6.10 Å². The van der Waals surface area contributed by atoms with E-state index in [0.29, 0.717) is 19.3 Å². The van der Waals surface area contributed by atoms with Crippen molar-refractivity contribution in [2.24, 2.45) is 5.92 Å². The minimum atomic E-state index is -0.763. The van der Waals surface area contributed by atoms with Crippen LogP contribution in [0, 0.1) is 5.92 Å². The smallest absolute Gasteiger partial charge is 0.306 e. The number of carbonyl (C=O) groups is 3. The molecule has 0 spiro atoms. The molecular formula is C66H128O6. The lowest BCUT2D eigenvalue weighted by Gasteiger charge is -2.18. The number of hydrogen-bond acceptors (Lipinski definition) is 6. The number of esters is 3. The van der Waals surface area contributed by atoms with E-state index in [2.05, 4.69) is 27.7 Å². The summed E-state index contributed by atoms with van der Waals surface area (Å²) >= 11 is 0. The van der Waals surface area contributed by atoms with Gasteiger partial charge >= 0.3 is 17.9 Å². The van der Waals surface area contributed by atoms with Gasteiger partial charge in [-0.05, 0) is 25.2 Å². The summed E-state index contributed by atoms with van der Waals surface area (Å²) in [5.74, 6) is 0.0242. The van der Waals surface area contributed by atoms with Crippen molar-refractivity contribution in [3.05, 3.63) is 0 Å². The van der Waals surface area contributed by atoms with Crippen molar-refractivity contribution in [1.82, 2.24) is 0 Å². The lowest BCUT2D eigenvalue weighted by molar-refractivity contribution is -0.167. The topological polar surface area (TPSA) is 78.9 Å². The van der Waals surface area contributed by atoms with Crippen LogP contribution in [0.4, 0.5) is 0 Å². The van der Waals surface area contributed by atoms with Gasteiger partial charge in [-0.1, -0.05) is 342 Å². The van der Waals surface area contributed by atoms with Gasteiger partial charge in [0.2, 0.25) is 0 Å². The molecule has 72 heavy (non-hydrogen) atoms. The normalized spacial score (nSPS) is 12.0. The Balaban J connectivity index is 4.28. The zero-order valence-corrected chi connectivity index (χ0v) is 49.4. The quantitative estimate of drug-likeness (QED) is 0.0343. The Kier molecular flexibility index (Phi) is 58.9. The van der Waals surface area contributed by atoms with Crippen LogP contribution in [0.25, 0.3) is 0 Å². The van der Waals surface area contributed by atoms with E-state index in [-0.39, 0.29) is 31.1 Å². The van der Waals surface area contributed by atoms with E-state index in [9.17, 15) is 14.4 Å². The van der Waals surface area contributed by atoms with Crippen LogP contribution in [0.15, 0.2) is 0 Å². The second-order valence-corrected chi connectivity index (χ2v) is 23.2. The molecule has 428 valence electrons. The predicted octanol–water partition coefficient (Wildman–Crippen LogP) is 22.1. The molecule has 0 aliphatic rings. The number of hydrogen-bond donors (Lipinski definition) is 0. The molecule has 0 saturated heterocycles. The fourth-order valence-corrected chi connectivity index (χ4v) is 10.3. The third-order valence-corrected chi connectivity index (χ3v) is 15.3. The summed E-state index contributed by atoms with van der Waals surface area (Å²) in [6.45, 7) is 9.10. The maximum absolute atomic E-state index is 12.9. The minimum absolute atomic E-state index is 0.0609. The molecule has 0 bridgehead atoms. The van der Waals surface area contributed by atoms with E-state index in [4.69, 9.17) is 14.2 Å². The third-order valence-electron chi connectivity index (χ3n) is 15.3. The second-order valence-electron chi connectivity index (χ2n) is 23.2. The summed E-state index contributed by atoms with van der Waals surface area (Å²) < 4.78 is 17.0. The minimum Gasteiger partial charge on any atom is -0.462 e. The van der Waals surface area contributed by atoms with Crippen LogP contribution in [0.2, 0.25) is 0 Å². The van der Waals surface area contributed by atoms with Crippen LogP contribution < -0.4 is 0 Å². The van der Waals surface area contributed by atoms with Gasteiger partial charge < -0.3 is 14.2 Å². The van der Waals surface area contributed by atoms with Crippen molar-refractivity contribution in [3.8, 4) is 0 Å². The molecule has 0 rings (SSSR count). The largest absolute Gasteiger partial charge is 0.462 e. The zero-order chi connectivity index (χ0) is 52.3. The monoisotopic (exact) mass is 1020 g/mol. The van der Waals surface area contributed by atoms with Crippen molar-refractivity contribution >= 4 is 17.9 Å². The van der Waals surface area contributed by atoms with E-state index < -0.39 is 6.10 Å². The molecule has 6 heteroatoms. The van der Waals surface area contributed by atoms with E-state index in [1.165, 1.54) is 276 Å². The highest BCUT2D eigenvalue weighted by atomic mass is 16.6. The molecule has 0 aromatic rings. The number of carbonyl (C=O) groups excluding carboxylic acids is 3. The molecule has 0 aromatic carbocycles. The molecule has 0 aliphatic carbocycles. The van der Waals surface area contributed by atoms with Crippen molar-refractivity contribution < 1.29 is 28.6 Å². The van der Waals surface area contributed by atoms with Crippen LogP contribution in [-0.4, -0.2) is 37.2 Å². The molecule has 0 aliphatic heterocycles. The molecule has 0 fully saturated rings. The molecule has 0 N–H and O–H groups in total. The highest BCUT2D eigenvalue weighted by molar-refractivity contribution is 5.71. The number of unbranched alkanes of at least 4 members (excludes halogenated alkanes) is 48. The molecule has 6 nitrogen and oxygen atoms in total. The van der Waals surface area contributed by atoms with Gasteiger partial charge in [-0.2, -0.15) is 0 Å². The van der Waals surface area contributed by atoms with Gasteiger partial charge in [-0.15, -0.1) is 0 Å². The summed E-state index contributed by atoms with van der Waals surface area (Å²) in [5.41, 5.74) is 0. The SMILES string of the molecule is CCCCCCCCCCCCCCCCCCCCC(=O)OC[C@@H](COC(=O)CCCCCCCCCCCCCCCCCC(C)C)OC(=O)CCCCCCCCCCCCCCCCCCCC. The lowest BCUT2D eigenvalue weighted by Crippen LogP contribution is -2.30. The Morgan fingerprint density at radius 3 is 0.681 bits per heavy atom. The highest BCUT2D eigenvalue weighted by Crippen LogP contribution is 2.19. The summed E-state index contributed by atoms with van der Waals surface area (Å²) in [6, 6.07) is 0. The van der Waals surface area contributed by atoms with E-state index in [1.807, 2.05) is 0 Å². The predicted molar refractivity (Wildman–Crippen MR) is 312 cm³/mol. The molecule has 1 atom stereocenters. The fourth-order valence-electron chi connectivity index (χ4n) is 10.3. The van der Waals surface area contributed by atoms with Gasteiger partial charge in [0.25, 0.3) is 0 Å². The standard InChI is InChI=1S/C66H128O6/c1-5-7-9-11-13-15-17-19-21-23-25-29-33-37-41-45-49-53-57-64(67)70-60-63(72-66(69)59-55-51-47-43-39-35-30-26-24-22-20-18-16-14-12-10-8-6-2)61-71-65(68)58-54-50-46-42-38-34-31-27-28-32-36-40-44-48-52-56-62(3)4/h62-63H,5-61H2,1-4H3/t63-/m0/s1. The van der Waals surface area contributed by atoms with Crippen molar-refractivity contribution in [3.63, 3.8) is 0 Å².